The Labute approximate surface area is 149 Å². The molecule has 0 aliphatic rings. The highest BCUT2D eigenvalue weighted by atomic mass is 35.5. The molecule has 0 aliphatic carbocycles. The molecule has 0 N–H and O–H groups in total. The molecule has 3 rings (SSSR count). The molecular formula is C18H14Cl2N2O2. The summed E-state index contributed by atoms with van der Waals surface area (Å²) in [5, 5.41) is 4.59. The highest BCUT2D eigenvalue weighted by Gasteiger charge is 2.14. The number of hydrogen-bond acceptors (Lipinski definition) is 4. The van der Waals surface area contributed by atoms with Crippen LogP contribution in [0.4, 0.5) is 0 Å². The molecule has 0 saturated carbocycles. The molecule has 3 aromatic rings. The molecule has 122 valence electrons. The lowest BCUT2D eigenvalue weighted by atomic mass is 10.1. The maximum Gasteiger partial charge on any atom is 0.166 e. The molecule has 2 aromatic heterocycles. The standard InChI is InChI=1S/C18H14Cl2N2O2/c1-11-2-4-12(5-3-11)16-9-14(24-22-16)6-7-17(23)15-8-13(19)10-21-18(15)20/h2-5,8-10H,6-7H2,1H3. The van der Waals surface area contributed by atoms with Crippen LogP contribution in [0.5, 0.6) is 0 Å². The van der Waals surface area contributed by atoms with Gasteiger partial charge < -0.3 is 4.52 Å². The third-order valence-corrected chi connectivity index (χ3v) is 4.12. The lowest BCUT2D eigenvalue weighted by Crippen LogP contribution is -2.03. The smallest absolute Gasteiger partial charge is 0.166 e. The van der Waals surface area contributed by atoms with E-state index >= 15 is 0 Å². The van der Waals surface area contributed by atoms with E-state index in [9.17, 15) is 4.79 Å². The summed E-state index contributed by atoms with van der Waals surface area (Å²) in [5.74, 6) is 0.508. The molecule has 0 radical (unpaired) electrons. The van der Waals surface area contributed by atoms with Crippen molar-refractivity contribution < 1.29 is 9.32 Å². The van der Waals surface area contributed by atoms with E-state index in [1.165, 1.54) is 17.8 Å². The van der Waals surface area contributed by atoms with Crippen molar-refractivity contribution >= 4 is 29.0 Å². The lowest BCUT2D eigenvalue weighted by molar-refractivity contribution is 0.0980. The highest BCUT2D eigenvalue weighted by Crippen LogP contribution is 2.22. The first-order chi connectivity index (χ1) is 11.5. The van der Waals surface area contributed by atoms with Gasteiger partial charge in [-0.15, -0.1) is 0 Å². The van der Waals surface area contributed by atoms with Crippen molar-refractivity contribution in [2.75, 3.05) is 0 Å². The van der Waals surface area contributed by atoms with Crippen LogP contribution in [0.2, 0.25) is 10.2 Å². The van der Waals surface area contributed by atoms with Crippen LogP contribution in [-0.4, -0.2) is 15.9 Å². The molecule has 0 fully saturated rings. The number of ketones is 1. The van der Waals surface area contributed by atoms with E-state index in [4.69, 9.17) is 27.7 Å². The molecular weight excluding hydrogens is 347 g/mol. The summed E-state index contributed by atoms with van der Waals surface area (Å²) in [4.78, 5) is 16.1. The van der Waals surface area contributed by atoms with Crippen LogP contribution in [-0.2, 0) is 6.42 Å². The molecule has 0 bridgehead atoms. The van der Waals surface area contributed by atoms with Crippen LogP contribution in [0.15, 0.2) is 47.1 Å². The molecule has 24 heavy (non-hydrogen) atoms. The molecule has 0 aliphatic heterocycles. The number of nitrogens with zero attached hydrogens (tertiary/aromatic N) is 2. The van der Waals surface area contributed by atoms with Crippen molar-refractivity contribution in [2.24, 2.45) is 0 Å². The number of carbonyl (C=O) groups excluding carboxylic acids is 1. The second kappa shape index (κ2) is 7.16. The third-order valence-electron chi connectivity index (χ3n) is 3.61. The maximum absolute atomic E-state index is 12.3. The van der Waals surface area contributed by atoms with Gasteiger partial charge in [0.2, 0.25) is 0 Å². The normalized spacial score (nSPS) is 10.8. The summed E-state index contributed by atoms with van der Waals surface area (Å²) in [7, 11) is 0. The Morgan fingerprint density at radius 1 is 1.17 bits per heavy atom. The summed E-state index contributed by atoms with van der Waals surface area (Å²) in [6.07, 6.45) is 2.08. The van der Waals surface area contributed by atoms with Crippen LogP contribution in [0.1, 0.15) is 28.1 Å². The summed E-state index contributed by atoms with van der Waals surface area (Å²) >= 11 is 11.8. The van der Waals surface area contributed by atoms with Gasteiger partial charge in [0.05, 0.1) is 10.6 Å². The Kier molecular flexibility index (Phi) is 4.97. The fourth-order valence-electron chi connectivity index (χ4n) is 2.28. The van der Waals surface area contributed by atoms with Crippen molar-refractivity contribution in [2.45, 2.75) is 19.8 Å². The first-order valence-corrected chi connectivity index (χ1v) is 8.15. The minimum absolute atomic E-state index is 0.136. The van der Waals surface area contributed by atoms with Crippen molar-refractivity contribution in [3.05, 3.63) is 69.7 Å². The summed E-state index contributed by atoms with van der Waals surface area (Å²) in [5.41, 5.74) is 3.23. The number of rotatable bonds is 5. The van der Waals surface area contributed by atoms with Crippen LogP contribution < -0.4 is 0 Å². The molecule has 0 amide bonds. The minimum Gasteiger partial charge on any atom is -0.361 e. The molecule has 0 atom stereocenters. The largest absolute Gasteiger partial charge is 0.361 e. The Hall–Kier alpha value is -2.17. The molecule has 6 heteroatoms. The van der Waals surface area contributed by atoms with Crippen LogP contribution >= 0.6 is 23.2 Å². The van der Waals surface area contributed by atoms with Gasteiger partial charge in [0.15, 0.2) is 5.78 Å². The molecule has 4 nitrogen and oxygen atoms in total. The zero-order valence-corrected chi connectivity index (χ0v) is 14.4. The SMILES string of the molecule is Cc1ccc(-c2cc(CCC(=O)c3cc(Cl)cnc3Cl)on2)cc1. The van der Waals surface area contributed by atoms with E-state index in [2.05, 4.69) is 10.1 Å². The van der Waals surface area contributed by atoms with Gasteiger partial charge in [0.25, 0.3) is 0 Å². The van der Waals surface area contributed by atoms with Crippen molar-refractivity contribution in [1.82, 2.24) is 10.1 Å². The fourth-order valence-corrected chi connectivity index (χ4v) is 2.65. The quantitative estimate of drug-likeness (QED) is 0.465. The lowest BCUT2D eigenvalue weighted by Gasteiger charge is -2.02. The average molecular weight is 361 g/mol. The van der Waals surface area contributed by atoms with Gasteiger partial charge in [0.1, 0.15) is 16.6 Å². The summed E-state index contributed by atoms with van der Waals surface area (Å²) < 4.78 is 5.31. The Bertz CT molecular complexity index is 873. The van der Waals surface area contributed by atoms with Crippen LogP contribution in [0.25, 0.3) is 11.3 Å². The van der Waals surface area contributed by atoms with E-state index in [1.54, 1.807) is 0 Å². The number of Topliss-reactive ketones (excluding diaryl/α,β-unsaturated/α-hetero) is 1. The minimum atomic E-state index is -0.136. The van der Waals surface area contributed by atoms with E-state index in [0.29, 0.717) is 22.8 Å². The third kappa shape index (κ3) is 3.83. The van der Waals surface area contributed by atoms with E-state index in [0.717, 1.165) is 11.3 Å². The first kappa shape index (κ1) is 16.7. The molecule has 0 unspecified atom stereocenters. The average Bonchev–Trinajstić information content (AvgIpc) is 3.04. The van der Waals surface area contributed by atoms with Crippen LogP contribution in [0, 0.1) is 6.92 Å². The van der Waals surface area contributed by atoms with Gasteiger partial charge in [-0.2, -0.15) is 0 Å². The van der Waals surface area contributed by atoms with Crippen molar-refractivity contribution in [3.63, 3.8) is 0 Å². The highest BCUT2D eigenvalue weighted by molar-refractivity contribution is 6.34. The summed E-state index contributed by atoms with van der Waals surface area (Å²) in [6.45, 7) is 2.03. The number of carbonyl (C=O) groups is 1. The fraction of sp³-hybridized carbons (Fsp3) is 0.167. The number of pyridine rings is 1. The van der Waals surface area contributed by atoms with Crippen molar-refractivity contribution in [3.8, 4) is 11.3 Å². The molecule has 2 heterocycles. The topological polar surface area (TPSA) is 56.0 Å². The molecule has 0 saturated heterocycles. The second-order valence-electron chi connectivity index (χ2n) is 5.46. The van der Waals surface area contributed by atoms with E-state index in [-0.39, 0.29) is 17.4 Å². The van der Waals surface area contributed by atoms with Gasteiger partial charge in [-0.05, 0) is 13.0 Å². The molecule has 1 aromatic carbocycles. The van der Waals surface area contributed by atoms with Crippen LogP contribution in [0.3, 0.4) is 0 Å². The second-order valence-corrected chi connectivity index (χ2v) is 6.25. The zero-order valence-electron chi connectivity index (χ0n) is 12.9. The number of benzene rings is 1. The number of aromatic nitrogens is 2. The maximum atomic E-state index is 12.3. The van der Waals surface area contributed by atoms with E-state index < -0.39 is 0 Å². The van der Waals surface area contributed by atoms with Gasteiger partial charge in [-0.25, -0.2) is 4.98 Å². The first-order valence-electron chi connectivity index (χ1n) is 7.40. The Morgan fingerprint density at radius 3 is 2.67 bits per heavy atom. The van der Waals surface area contributed by atoms with Gasteiger partial charge in [0, 0.05) is 30.7 Å². The van der Waals surface area contributed by atoms with Crippen molar-refractivity contribution in [1.29, 1.82) is 0 Å². The zero-order chi connectivity index (χ0) is 17.1. The van der Waals surface area contributed by atoms with Gasteiger partial charge >= 0.3 is 0 Å². The van der Waals surface area contributed by atoms with E-state index in [1.807, 2.05) is 37.3 Å². The predicted octanol–water partition coefficient (Wildman–Crippen LogP) is 5.17. The Morgan fingerprint density at radius 2 is 1.92 bits per heavy atom. The number of hydrogen-bond donors (Lipinski definition) is 0. The summed E-state index contributed by atoms with van der Waals surface area (Å²) in [6, 6.07) is 11.4. The number of halogens is 2. The Balaban J connectivity index is 1.68. The van der Waals surface area contributed by atoms with Gasteiger partial charge in [-0.3, -0.25) is 4.79 Å². The predicted molar refractivity (Wildman–Crippen MR) is 93.6 cm³/mol. The number of aryl methyl sites for hydroxylation is 2. The monoisotopic (exact) mass is 360 g/mol. The van der Waals surface area contributed by atoms with Gasteiger partial charge in [-0.1, -0.05) is 58.2 Å². The molecule has 0 spiro atoms.